The van der Waals surface area contributed by atoms with Crippen LogP contribution in [0.1, 0.15) is 167 Å². The lowest BCUT2D eigenvalue weighted by molar-refractivity contribution is 0.258. The molecule has 373 valence electrons. The van der Waals surface area contributed by atoms with Crippen LogP contribution >= 0.6 is 0 Å². The first-order chi connectivity index (χ1) is 34.9. The van der Waals surface area contributed by atoms with Gasteiger partial charge in [0.15, 0.2) is 12.9 Å². The predicted octanol–water partition coefficient (Wildman–Crippen LogP) is 17.6. The van der Waals surface area contributed by atoms with Crippen LogP contribution in [0.15, 0.2) is 130 Å². The molecule has 3 heterocycles. The fourth-order valence-corrected chi connectivity index (χ4v) is 15.6. The SMILES string of the molecule is Cc1cc2c(cc1N1c3ccc4c5c3[B]c3c(cc6c(oc7ccccc76)c31)-c1cc3c(cc1NC1=CC(C=C6C(=C1)C(C)(C)CCC6(C)C)C5(C)c1ccccc1-4)C(C)(C)CCC3(C)C)C(C)(C)CCC2(C)C. The summed E-state index contributed by atoms with van der Waals surface area (Å²) in [5, 5.41) is 6.68. The van der Waals surface area contributed by atoms with E-state index in [4.69, 9.17) is 4.42 Å². The van der Waals surface area contributed by atoms with Gasteiger partial charge in [-0.1, -0.05) is 162 Å². The molecule has 1 saturated carbocycles. The standard InChI is InChI=1S/C70H74BN2O/c1-39-31-49-54(69(12,13)30-25-64(49,2)3)38-57(39)73-56-24-23-44-42-19-15-17-21-48(42)70(14)40-32-41(34-51-50(33-40)65(4,5)26-27-66(51,6)7)72-55-37-53-52(67(8,9)28-29-68(53,10)11)36-45(55)46-35-47-43-20-16-18-22-58(43)74-63(47)62(73)60(46)71-61(56)59(44)70/h15-24,31-38,40,72H,25-30H2,1-14H3. The second kappa shape index (κ2) is 14.7. The molecule has 0 amide bonds. The van der Waals surface area contributed by atoms with Crippen LogP contribution in [0, 0.1) is 23.7 Å². The lowest BCUT2D eigenvalue weighted by Crippen LogP contribution is -2.46. The molecule has 5 aliphatic carbocycles. The number of fused-ring (bicyclic) bond motifs is 14. The van der Waals surface area contributed by atoms with E-state index in [9.17, 15) is 0 Å². The zero-order valence-corrected chi connectivity index (χ0v) is 46.6. The Hall–Kier alpha value is -6.00. The van der Waals surface area contributed by atoms with E-state index in [1.165, 1.54) is 112 Å². The monoisotopic (exact) mass is 970 g/mol. The highest BCUT2D eigenvalue weighted by molar-refractivity contribution is 6.74. The molecular weight excluding hydrogens is 896 g/mol. The number of allylic oxidation sites excluding steroid dienone is 5. The summed E-state index contributed by atoms with van der Waals surface area (Å²) in [5.41, 5.74) is 28.2. The van der Waals surface area contributed by atoms with E-state index in [2.05, 4.69) is 224 Å². The van der Waals surface area contributed by atoms with Crippen LogP contribution in [0.3, 0.4) is 0 Å². The number of rotatable bonds is 1. The van der Waals surface area contributed by atoms with Gasteiger partial charge in [0.1, 0.15) is 5.58 Å². The molecule has 6 aromatic carbocycles. The number of hydrogen-bond acceptors (Lipinski definition) is 3. The lowest BCUT2D eigenvalue weighted by Gasteiger charge is -2.45. The summed E-state index contributed by atoms with van der Waals surface area (Å²) >= 11 is 0. The fraction of sp³-hybridized carbons (Fsp3) is 0.400. The van der Waals surface area contributed by atoms with Crippen molar-refractivity contribution < 1.29 is 4.42 Å². The Balaban J connectivity index is 1.19. The molecule has 1 N–H and O–H groups in total. The summed E-state index contributed by atoms with van der Waals surface area (Å²) in [5.74, 6) is 0.0285. The molecule has 1 fully saturated rings. The van der Waals surface area contributed by atoms with Crippen LogP contribution in [0.5, 0.6) is 0 Å². The number of aryl methyl sites for hydroxylation is 1. The molecule has 0 saturated heterocycles. The minimum atomic E-state index is -0.428. The van der Waals surface area contributed by atoms with E-state index >= 15 is 0 Å². The topological polar surface area (TPSA) is 28.4 Å². The van der Waals surface area contributed by atoms with Crippen LogP contribution in [-0.4, -0.2) is 7.28 Å². The van der Waals surface area contributed by atoms with Crippen molar-refractivity contribution in [1.29, 1.82) is 0 Å². The molecule has 2 aliphatic heterocycles. The maximum Gasteiger partial charge on any atom is 0.198 e. The van der Waals surface area contributed by atoms with Gasteiger partial charge in [-0.3, -0.25) is 0 Å². The molecule has 1 aromatic heterocycles. The van der Waals surface area contributed by atoms with Crippen molar-refractivity contribution in [2.24, 2.45) is 16.7 Å². The van der Waals surface area contributed by atoms with Crippen molar-refractivity contribution in [1.82, 2.24) is 0 Å². The highest BCUT2D eigenvalue weighted by Crippen LogP contribution is 2.61. The molecule has 74 heavy (non-hydrogen) atoms. The van der Waals surface area contributed by atoms with Gasteiger partial charge in [-0.25, -0.2) is 0 Å². The third-order valence-corrected chi connectivity index (χ3v) is 20.7. The highest BCUT2D eigenvalue weighted by atomic mass is 16.3. The molecule has 2 atom stereocenters. The summed E-state index contributed by atoms with van der Waals surface area (Å²) in [6.45, 7) is 34.7. The number of nitrogens with zero attached hydrogens (tertiary/aromatic N) is 1. The Morgan fingerprint density at radius 3 is 1.84 bits per heavy atom. The van der Waals surface area contributed by atoms with Crippen LogP contribution in [0.4, 0.5) is 22.7 Å². The van der Waals surface area contributed by atoms with Crippen molar-refractivity contribution in [3.05, 3.63) is 165 Å². The van der Waals surface area contributed by atoms with Crippen molar-refractivity contribution in [3.63, 3.8) is 0 Å². The van der Waals surface area contributed by atoms with E-state index < -0.39 is 5.41 Å². The number of hydrogen-bond donors (Lipinski definition) is 1. The van der Waals surface area contributed by atoms with E-state index in [1.54, 1.807) is 0 Å². The average Bonchev–Trinajstić information content (AvgIpc) is 3.76. The van der Waals surface area contributed by atoms with Gasteiger partial charge < -0.3 is 14.6 Å². The Morgan fingerprint density at radius 2 is 1.12 bits per heavy atom. The van der Waals surface area contributed by atoms with Gasteiger partial charge in [-0.2, -0.15) is 0 Å². The first-order valence-corrected chi connectivity index (χ1v) is 28.1. The molecule has 14 rings (SSSR count). The van der Waals surface area contributed by atoms with E-state index in [0.29, 0.717) is 0 Å². The summed E-state index contributed by atoms with van der Waals surface area (Å²) in [6, 6.07) is 36.0. The Kier molecular flexibility index (Phi) is 9.23. The molecular formula is C70H74BN2O. The normalized spacial score (nSPS) is 24.2. The van der Waals surface area contributed by atoms with Crippen LogP contribution in [0.2, 0.25) is 0 Å². The largest absolute Gasteiger partial charge is 0.454 e. The Bertz CT molecular complexity index is 3780. The third-order valence-electron chi connectivity index (χ3n) is 20.7. The van der Waals surface area contributed by atoms with Gasteiger partial charge in [0, 0.05) is 50.4 Å². The van der Waals surface area contributed by atoms with Crippen molar-refractivity contribution >= 4 is 62.9 Å². The molecule has 0 spiro atoms. The minimum absolute atomic E-state index is 0.00115. The van der Waals surface area contributed by atoms with Gasteiger partial charge in [-0.15, -0.1) is 0 Å². The number of anilines is 4. The zero-order valence-electron chi connectivity index (χ0n) is 46.6. The number of benzene rings is 6. The van der Waals surface area contributed by atoms with Crippen molar-refractivity contribution in [3.8, 4) is 22.3 Å². The van der Waals surface area contributed by atoms with Crippen molar-refractivity contribution in [2.75, 3.05) is 10.2 Å². The maximum atomic E-state index is 7.33. The van der Waals surface area contributed by atoms with Crippen molar-refractivity contribution in [2.45, 2.75) is 163 Å². The lowest BCUT2D eigenvalue weighted by atomic mass is 9.53. The summed E-state index contributed by atoms with van der Waals surface area (Å²) in [4.78, 5) is 2.68. The van der Waals surface area contributed by atoms with Crippen LogP contribution < -0.4 is 21.1 Å². The quantitative estimate of drug-likeness (QED) is 0.166. The number of furan rings is 1. The summed E-state index contributed by atoms with van der Waals surface area (Å²) in [6.07, 6.45) is 14.9. The molecule has 4 heteroatoms. The van der Waals surface area contributed by atoms with E-state index in [0.717, 1.165) is 59.7 Å². The molecule has 3 nitrogen and oxygen atoms in total. The van der Waals surface area contributed by atoms with Gasteiger partial charge in [-0.05, 0) is 193 Å². The third kappa shape index (κ3) is 6.21. The molecule has 7 aliphatic rings. The molecule has 7 aromatic rings. The summed E-state index contributed by atoms with van der Waals surface area (Å²) in [7, 11) is 2.62. The second-order valence-electron chi connectivity index (χ2n) is 28.2. The fourth-order valence-electron chi connectivity index (χ4n) is 15.6. The molecule has 1 radical (unpaired) electrons. The smallest absolute Gasteiger partial charge is 0.198 e. The maximum absolute atomic E-state index is 7.33. The summed E-state index contributed by atoms with van der Waals surface area (Å²) < 4.78 is 7.33. The van der Waals surface area contributed by atoms with Gasteiger partial charge >= 0.3 is 0 Å². The first-order valence-electron chi connectivity index (χ1n) is 28.1. The molecule has 4 bridgehead atoms. The van der Waals surface area contributed by atoms with Crippen LogP contribution in [-0.2, 0) is 27.1 Å². The van der Waals surface area contributed by atoms with Crippen LogP contribution in [0.25, 0.3) is 44.2 Å². The van der Waals surface area contributed by atoms with Gasteiger partial charge in [0.25, 0.3) is 0 Å². The number of nitrogens with one attached hydrogen (secondary N) is 1. The average molecular weight is 970 g/mol. The van der Waals surface area contributed by atoms with E-state index in [1.807, 2.05) is 0 Å². The second-order valence-corrected chi connectivity index (χ2v) is 28.2. The van der Waals surface area contributed by atoms with Gasteiger partial charge in [0.05, 0.1) is 5.69 Å². The molecule has 2 unspecified atom stereocenters. The van der Waals surface area contributed by atoms with E-state index in [-0.39, 0.29) is 38.4 Å². The highest BCUT2D eigenvalue weighted by Gasteiger charge is 2.51. The Morgan fingerprint density at radius 1 is 0.514 bits per heavy atom. The number of para-hydroxylation sites is 1. The minimum Gasteiger partial charge on any atom is -0.454 e. The Labute approximate surface area is 441 Å². The zero-order chi connectivity index (χ0) is 51.6. The van der Waals surface area contributed by atoms with Gasteiger partial charge in [0.2, 0.25) is 0 Å². The first kappa shape index (κ1) is 46.5. The predicted molar refractivity (Wildman–Crippen MR) is 314 cm³/mol.